The van der Waals surface area contributed by atoms with Crippen molar-refractivity contribution >= 4 is 29.1 Å². The Hall–Kier alpha value is -0.970. The molecule has 1 aliphatic rings. The fraction of sp³-hybridized carbons (Fsp3) is 0.533. The van der Waals surface area contributed by atoms with Gasteiger partial charge in [0.1, 0.15) is 5.75 Å². The van der Waals surface area contributed by atoms with Gasteiger partial charge in [-0.2, -0.15) is 0 Å². The third-order valence-electron chi connectivity index (χ3n) is 3.91. The second kappa shape index (κ2) is 6.42. The minimum absolute atomic E-state index is 0.0129. The molecule has 1 amide bonds. The molecule has 2 N–H and O–H groups in total. The molecule has 0 bridgehead atoms. The van der Waals surface area contributed by atoms with Crippen LogP contribution in [-0.4, -0.2) is 36.5 Å². The summed E-state index contributed by atoms with van der Waals surface area (Å²) in [7, 11) is 0. The second-order valence-corrected chi connectivity index (χ2v) is 6.67. The maximum atomic E-state index is 12.4. The van der Waals surface area contributed by atoms with Crippen molar-refractivity contribution in [3.63, 3.8) is 0 Å². The Balaban J connectivity index is 1.98. The van der Waals surface area contributed by atoms with Crippen molar-refractivity contribution in [1.29, 1.82) is 0 Å². The minimum atomic E-state index is -0.567. The Kier molecular flexibility index (Phi) is 5.02. The smallest absolute Gasteiger partial charge is 0.263 e. The summed E-state index contributed by atoms with van der Waals surface area (Å²) >= 11 is 11.8. The molecule has 21 heavy (non-hydrogen) atoms. The van der Waals surface area contributed by atoms with Crippen LogP contribution < -0.4 is 10.5 Å². The van der Waals surface area contributed by atoms with E-state index in [4.69, 9.17) is 33.7 Å². The number of nitrogens with two attached hydrogens (primary N) is 1. The molecule has 1 aliphatic heterocycles. The highest BCUT2D eigenvalue weighted by Gasteiger charge is 2.36. The zero-order valence-corrected chi connectivity index (χ0v) is 13.7. The van der Waals surface area contributed by atoms with Crippen LogP contribution in [0.25, 0.3) is 0 Å². The van der Waals surface area contributed by atoms with Gasteiger partial charge in [0.05, 0.1) is 10.0 Å². The summed E-state index contributed by atoms with van der Waals surface area (Å²) in [6, 6.07) is 4.96. The van der Waals surface area contributed by atoms with Crippen molar-refractivity contribution < 1.29 is 9.53 Å². The number of likely N-dealkylation sites (tertiary alicyclic amines) is 1. The number of hydrogen-bond acceptors (Lipinski definition) is 3. The molecule has 1 aromatic carbocycles. The van der Waals surface area contributed by atoms with Gasteiger partial charge in [0, 0.05) is 19.2 Å². The number of ether oxygens (including phenoxy) is 1. The summed E-state index contributed by atoms with van der Waals surface area (Å²) in [6.07, 6.45) is 0.358. The predicted octanol–water partition coefficient (Wildman–Crippen LogP) is 2.96. The quantitative estimate of drug-likeness (QED) is 0.923. The lowest BCUT2D eigenvalue weighted by atomic mass is 9.90. The van der Waals surface area contributed by atoms with Crippen molar-refractivity contribution in [3.05, 3.63) is 28.2 Å². The molecule has 0 aliphatic carbocycles. The van der Waals surface area contributed by atoms with E-state index in [1.165, 1.54) is 0 Å². The van der Waals surface area contributed by atoms with Crippen LogP contribution in [0.4, 0.5) is 0 Å². The van der Waals surface area contributed by atoms with E-state index in [0.717, 1.165) is 13.0 Å². The number of nitrogens with zero attached hydrogens (tertiary/aromatic N) is 1. The number of benzene rings is 1. The highest BCUT2D eigenvalue weighted by molar-refractivity contribution is 6.42. The molecule has 1 heterocycles. The zero-order valence-electron chi connectivity index (χ0n) is 12.2. The SMILES string of the molecule is CC(Oc1ccc(Cl)c(Cl)c1)C(=O)N1CCC(C)(CN)C1. The molecule has 0 radical (unpaired) electrons. The van der Waals surface area contributed by atoms with Crippen LogP contribution in [0.15, 0.2) is 18.2 Å². The Morgan fingerprint density at radius 1 is 1.48 bits per heavy atom. The Morgan fingerprint density at radius 2 is 2.19 bits per heavy atom. The fourth-order valence-corrected chi connectivity index (χ4v) is 2.73. The van der Waals surface area contributed by atoms with Gasteiger partial charge in [-0.05, 0) is 37.4 Å². The van der Waals surface area contributed by atoms with Crippen LogP contribution in [0.3, 0.4) is 0 Å². The predicted molar refractivity (Wildman–Crippen MR) is 84.9 cm³/mol. The van der Waals surface area contributed by atoms with Crippen LogP contribution >= 0.6 is 23.2 Å². The first-order valence-corrected chi connectivity index (χ1v) is 7.71. The average molecular weight is 331 g/mol. The summed E-state index contributed by atoms with van der Waals surface area (Å²) in [5.41, 5.74) is 5.78. The second-order valence-electron chi connectivity index (χ2n) is 5.86. The summed E-state index contributed by atoms with van der Waals surface area (Å²) < 4.78 is 5.66. The molecule has 2 rings (SSSR count). The van der Waals surface area contributed by atoms with Gasteiger partial charge in [-0.1, -0.05) is 30.1 Å². The largest absolute Gasteiger partial charge is 0.481 e. The molecule has 0 aromatic heterocycles. The Labute approximate surface area is 135 Å². The molecule has 0 spiro atoms. The third kappa shape index (κ3) is 3.82. The first kappa shape index (κ1) is 16.4. The first-order valence-electron chi connectivity index (χ1n) is 6.95. The van der Waals surface area contributed by atoms with Gasteiger partial charge in [-0.15, -0.1) is 0 Å². The van der Waals surface area contributed by atoms with E-state index in [1.54, 1.807) is 25.1 Å². The fourth-order valence-electron chi connectivity index (χ4n) is 2.44. The van der Waals surface area contributed by atoms with Crippen LogP contribution in [0.5, 0.6) is 5.75 Å². The first-order chi connectivity index (χ1) is 9.84. The molecule has 1 fully saturated rings. The molecule has 0 saturated carbocycles. The zero-order chi connectivity index (χ0) is 15.6. The van der Waals surface area contributed by atoms with Gasteiger partial charge in [0.15, 0.2) is 6.10 Å². The van der Waals surface area contributed by atoms with E-state index in [0.29, 0.717) is 28.9 Å². The number of hydrogen-bond donors (Lipinski definition) is 1. The van der Waals surface area contributed by atoms with Gasteiger partial charge in [-0.25, -0.2) is 0 Å². The molecule has 6 heteroatoms. The van der Waals surface area contributed by atoms with E-state index in [2.05, 4.69) is 6.92 Å². The van der Waals surface area contributed by atoms with Gasteiger partial charge in [0.25, 0.3) is 5.91 Å². The van der Waals surface area contributed by atoms with Crippen molar-refractivity contribution in [2.24, 2.45) is 11.1 Å². The number of rotatable bonds is 4. The standard InChI is InChI=1S/C15H20Cl2N2O2/c1-10(21-11-3-4-12(16)13(17)7-11)14(20)19-6-5-15(2,8-18)9-19/h3-4,7,10H,5-6,8-9,18H2,1-2H3. The van der Waals surface area contributed by atoms with E-state index in [1.807, 2.05) is 4.90 Å². The minimum Gasteiger partial charge on any atom is -0.481 e. The Bertz CT molecular complexity index is 538. The monoisotopic (exact) mass is 330 g/mol. The van der Waals surface area contributed by atoms with Crippen LogP contribution in [0, 0.1) is 5.41 Å². The molecule has 1 aromatic rings. The van der Waals surface area contributed by atoms with Gasteiger partial charge in [-0.3, -0.25) is 4.79 Å². The number of carbonyl (C=O) groups is 1. The third-order valence-corrected chi connectivity index (χ3v) is 4.65. The molecular weight excluding hydrogens is 311 g/mol. The lowest BCUT2D eigenvalue weighted by Crippen LogP contribution is -2.41. The maximum absolute atomic E-state index is 12.4. The van der Waals surface area contributed by atoms with Crippen LogP contribution in [0.2, 0.25) is 10.0 Å². The normalized spacial score (nSPS) is 23.2. The molecule has 116 valence electrons. The topological polar surface area (TPSA) is 55.6 Å². The van der Waals surface area contributed by atoms with E-state index in [9.17, 15) is 4.79 Å². The number of amides is 1. The van der Waals surface area contributed by atoms with Gasteiger partial charge >= 0.3 is 0 Å². The summed E-state index contributed by atoms with van der Waals surface area (Å²) in [4.78, 5) is 14.2. The van der Waals surface area contributed by atoms with E-state index < -0.39 is 6.10 Å². The van der Waals surface area contributed by atoms with E-state index >= 15 is 0 Å². The molecular formula is C15H20Cl2N2O2. The molecule has 2 unspecified atom stereocenters. The van der Waals surface area contributed by atoms with Gasteiger partial charge < -0.3 is 15.4 Å². The van der Waals surface area contributed by atoms with Crippen molar-refractivity contribution in [2.45, 2.75) is 26.4 Å². The highest BCUT2D eigenvalue weighted by Crippen LogP contribution is 2.30. The molecule has 4 nitrogen and oxygen atoms in total. The lowest BCUT2D eigenvalue weighted by molar-refractivity contribution is -0.137. The number of carbonyl (C=O) groups excluding carboxylic acids is 1. The maximum Gasteiger partial charge on any atom is 0.263 e. The van der Waals surface area contributed by atoms with Crippen LogP contribution in [-0.2, 0) is 4.79 Å². The van der Waals surface area contributed by atoms with Gasteiger partial charge in [0.2, 0.25) is 0 Å². The van der Waals surface area contributed by atoms with Crippen molar-refractivity contribution in [2.75, 3.05) is 19.6 Å². The van der Waals surface area contributed by atoms with Crippen molar-refractivity contribution in [3.8, 4) is 5.75 Å². The van der Waals surface area contributed by atoms with Crippen LogP contribution in [0.1, 0.15) is 20.3 Å². The average Bonchev–Trinajstić information content (AvgIpc) is 2.85. The lowest BCUT2D eigenvalue weighted by Gasteiger charge is -2.25. The summed E-state index contributed by atoms with van der Waals surface area (Å²) in [5.74, 6) is 0.504. The van der Waals surface area contributed by atoms with E-state index in [-0.39, 0.29) is 11.3 Å². The molecule has 2 atom stereocenters. The highest BCUT2D eigenvalue weighted by atomic mass is 35.5. The summed E-state index contributed by atoms with van der Waals surface area (Å²) in [5, 5.41) is 0.868. The Morgan fingerprint density at radius 3 is 2.76 bits per heavy atom. The molecule has 1 saturated heterocycles. The van der Waals surface area contributed by atoms with Crippen molar-refractivity contribution in [1.82, 2.24) is 4.90 Å². The number of halogens is 2. The summed E-state index contributed by atoms with van der Waals surface area (Å²) in [6.45, 7) is 5.82.